The fraction of sp³-hybridized carbons (Fsp3) is 0.667. The first-order valence-corrected chi connectivity index (χ1v) is 8.57. The van der Waals surface area contributed by atoms with Crippen LogP contribution in [-0.2, 0) is 12.8 Å². The van der Waals surface area contributed by atoms with E-state index in [1.807, 2.05) is 0 Å². The van der Waals surface area contributed by atoms with Crippen LogP contribution in [0.1, 0.15) is 67.8 Å². The van der Waals surface area contributed by atoms with Gasteiger partial charge in [0.2, 0.25) is 0 Å². The summed E-state index contributed by atoms with van der Waals surface area (Å²) in [6.07, 6.45) is 6.74. The number of hydrogen-bond donors (Lipinski definition) is 1. The Morgan fingerprint density at radius 2 is 1.91 bits per heavy atom. The van der Waals surface area contributed by atoms with Gasteiger partial charge in [0.1, 0.15) is 11.9 Å². The van der Waals surface area contributed by atoms with Gasteiger partial charge in [-0.1, -0.05) is 0 Å². The fourth-order valence-electron chi connectivity index (χ4n) is 4.07. The molecule has 118 valence electrons. The molecule has 4 heteroatoms. The van der Waals surface area contributed by atoms with Gasteiger partial charge in [0.25, 0.3) is 0 Å². The van der Waals surface area contributed by atoms with E-state index in [4.69, 9.17) is 5.73 Å². The number of aromatic nitrogens is 1. The number of likely N-dealkylation sites (tertiary alicyclic amines) is 1. The predicted octanol–water partition coefficient (Wildman–Crippen LogP) is 3.00. The quantitative estimate of drug-likeness (QED) is 0.911. The van der Waals surface area contributed by atoms with Crippen LogP contribution < -0.4 is 5.73 Å². The van der Waals surface area contributed by atoms with Crippen LogP contribution in [0.5, 0.6) is 0 Å². The topological polar surface area (TPSA) is 65.9 Å². The molecule has 0 bridgehead atoms. The third-order valence-corrected chi connectivity index (χ3v) is 5.32. The molecule has 0 radical (unpaired) electrons. The third-order valence-electron chi connectivity index (χ3n) is 5.32. The van der Waals surface area contributed by atoms with Crippen molar-refractivity contribution in [3.63, 3.8) is 0 Å². The molecule has 1 aliphatic heterocycles. The van der Waals surface area contributed by atoms with Crippen LogP contribution in [0.25, 0.3) is 0 Å². The van der Waals surface area contributed by atoms with Crippen molar-refractivity contribution in [2.45, 2.75) is 64.3 Å². The van der Waals surface area contributed by atoms with Crippen molar-refractivity contribution in [2.24, 2.45) is 0 Å². The highest BCUT2D eigenvalue weighted by atomic mass is 15.1. The number of piperidine rings is 1. The summed E-state index contributed by atoms with van der Waals surface area (Å²) in [6, 6.07) is 2.95. The number of hydrogen-bond acceptors (Lipinski definition) is 4. The van der Waals surface area contributed by atoms with Crippen LogP contribution in [-0.4, -0.2) is 29.0 Å². The van der Waals surface area contributed by atoms with Crippen molar-refractivity contribution in [2.75, 3.05) is 18.8 Å². The molecule has 0 saturated carbocycles. The van der Waals surface area contributed by atoms with E-state index in [1.54, 1.807) is 0 Å². The number of pyridine rings is 1. The van der Waals surface area contributed by atoms with Gasteiger partial charge in [-0.2, -0.15) is 5.26 Å². The van der Waals surface area contributed by atoms with Crippen molar-refractivity contribution in [3.8, 4) is 6.07 Å². The smallest absolute Gasteiger partial charge is 0.141 e. The molecule has 3 rings (SSSR count). The van der Waals surface area contributed by atoms with Crippen LogP contribution in [0.2, 0.25) is 0 Å². The Morgan fingerprint density at radius 1 is 1.23 bits per heavy atom. The zero-order valence-corrected chi connectivity index (χ0v) is 13.7. The lowest BCUT2D eigenvalue weighted by Crippen LogP contribution is -2.38. The molecule has 2 N–H and O–H groups in total. The molecule has 22 heavy (non-hydrogen) atoms. The van der Waals surface area contributed by atoms with Crippen molar-refractivity contribution >= 4 is 5.82 Å². The molecule has 1 fully saturated rings. The third kappa shape index (κ3) is 2.70. The van der Waals surface area contributed by atoms with Crippen molar-refractivity contribution in [1.82, 2.24) is 9.88 Å². The van der Waals surface area contributed by atoms with Gasteiger partial charge in [-0.25, -0.2) is 4.98 Å². The maximum absolute atomic E-state index is 9.59. The van der Waals surface area contributed by atoms with Crippen LogP contribution in [0, 0.1) is 11.3 Å². The molecule has 1 saturated heterocycles. The van der Waals surface area contributed by atoms with E-state index < -0.39 is 0 Å². The number of anilines is 1. The molecular weight excluding hydrogens is 272 g/mol. The lowest BCUT2D eigenvalue weighted by molar-refractivity contribution is 0.171. The monoisotopic (exact) mass is 298 g/mol. The first-order chi connectivity index (χ1) is 10.6. The Morgan fingerprint density at radius 3 is 2.55 bits per heavy atom. The van der Waals surface area contributed by atoms with E-state index in [0.29, 0.717) is 23.3 Å². The number of nitrogen functional groups attached to an aromatic ring is 1. The number of rotatable bonds is 2. The van der Waals surface area contributed by atoms with Gasteiger partial charge in [0.15, 0.2) is 0 Å². The van der Waals surface area contributed by atoms with Gasteiger partial charge in [-0.3, -0.25) is 0 Å². The predicted molar refractivity (Wildman–Crippen MR) is 88.7 cm³/mol. The highest BCUT2D eigenvalue weighted by molar-refractivity contribution is 5.59. The summed E-state index contributed by atoms with van der Waals surface area (Å²) in [7, 11) is 0. The van der Waals surface area contributed by atoms with E-state index in [2.05, 4.69) is 29.8 Å². The second-order valence-corrected chi connectivity index (χ2v) is 6.93. The van der Waals surface area contributed by atoms with Crippen molar-refractivity contribution < 1.29 is 0 Å². The van der Waals surface area contributed by atoms with Crippen molar-refractivity contribution in [1.29, 1.82) is 5.26 Å². The second-order valence-electron chi connectivity index (χ2n) is 6.93. The lowest BCUT2D eigenvalue weighted by atomic mass is 9.80. The van der Waals surface area contributed by atoms with Crippen LogP contribution in [0.15, 0.2) is 0 Å². The minimum atomic E-state index is 0.449. The summed E-state index contributed by atoms with van der Waals surface area (Å²) >= 11 is 0. The van der Waals surface area contributed by atoms with Crippen molar-refractivity contribution in [3.05, 3.63) is 22.4 Å². The van der Waals surface area contributed by atoms with Gasteiger partial charge >= 0.3 is 0 Å². The summed E-state index contributed by atoms with van der Waals surface area (Å²) in [4.78, 5) is 7.06. The van der Waals surface area contributed by atoms with Gasteiger partial charge in [-0.15, -0.1) is 0 Å². The summed E-state index contributed by atoms with van der Waals surface area (Å²) in [6.45, 7) is 6.75. The Hall–Kier alpha value is -1.60. The standard InChI is InChI=1S/C18H26N4/c1-12(2)22-9-7-13(8-10-22)17-14-5-3-4-6-16(14)21-18(20)15(17)11-19/h12-13H,3-10H2,1-2H3,(H2,20,21). The normalized spacial score (nSPS) is 19.9. The van der Waals surface area contributed by atoms with Gasteiger partial charge in [0, 0.05) is 11.7 Å². The minimum Gasteiger partial charge on any atom is -0.383 e. The molecule has 0 spiro atoms. The first kappa shape index (κ1) is 15.3. The fourth-order valence-corrected chi connectivity index (χ4v) is 4.07. The molecule has 0 amide bonds. The summed E-state index contributed by atoms with van der Waals surface area (Å²) in [5.74, 6) is 0.922. The number of fused-ring (bicyclic) bond motifs is 1. The number of nitrogens with two attached hydrogens (primary N) is 1. The average Bonchev–Trinajstić information content (AvgIpc) is 2.53. The largest absolute Gasteiger partial charge is 0.383 e. The highest BCUT2D eigenvalue weighted by Crippen LogP contribution is 2.38. The van der Waals surface area contributed by atoms with E-state index in [9.17, 15) is 5.26 Å². The SMILES string of the molecule is CC(C)N1CCC(c2c(C#N)c(N)nc3c2CCCC3)CC1. The molecule has 4 nitrogen and oxygen atoms in total. The maximum Gasteiger partial charge on any atom is 0.141 e. The van der Waals surface area contributed by atoms with Crippen LogP contribution in [0.3, 0.4) is 0 Å². The molecule has 0 unspecified atom stereocenters. The van der Waals surface area contributed by atoms with Gasteiger partial charge < -0.3 is 10.6 Å². The number of nitrogens with zero attached hydrogens (tertiary/aromatic N) is 3. The number of nitriles is 1. The maximum atomic E-state index is 9.59. The summed E-state index contributed by atoms with van der Waals surface area (Å²) < 4.78 is 0. The highest BCUT2D eigenvalue weighted by Gasteiger charge is 2.29. The second kappa shape index (κ2) is 6.26. The molecule has 2 heterocycles. The average molecular weight is 298 g/mol. The zero-order valence-electron chi connectivity index (χ0n) is 13.7. The Bertz CT molecular complexity index is 592. The summed E-state index contributed by atoms with van der Waals surface area (Å²) in [5, 5.41) is 9.59. The van der Waals surface area contributed by atoms with E-state index in [-0.39, 0.29) is 0 Å². The molecule has 1 aliphatic carbocycles. The molecule has 1 aromatic heterocycles. The molecule has 0 aromatic carbocycles. The molecule has 0 atom stereocenters. The van der Waals surface area contributed by atoms with Gasteiger partial charge in [0.05, 0.1) is 5.56 Å². The zero-order chi connectivity index (χ0) is 15.7. The van der Waals surface area contributed by atoms with Crippen LogP contribution in [0.4, 0.5) is 5.82 Å². The van der Waals surface area contributed by atoms with Gasteiger partial charge in [-0.05, 0) is 82.5 Å². The lowest BCUT2D eigenvalue weighted by Gasteiger charge is -2.36. The Balaban J connectivity index is 1.96. The van der Waals surface area contributed by atoms with Crippen LogP contribution >= 0.6 is 0 Å². The Kier molecular flexibility index (Phi) is 4.35. The van der Waals surface area contributed by atoms with E-state index in [0.717, 1.165) is 44.5 Å². The minimum absolute atomic E-state index is 0.449. The summed E-state index contributed by atoms with van der Waals surface area (Å²) in [5.41, 5.74) is 10.5. The molecular formula is C18H26N4. The van der Waals surface area contributed by atoms with E-state index in [1.165, 1.54) is 24.0 Å². The number of aryl methyl sites for hydroxylation is 1. The van der Waals surface area contributed by atoms with E-state index >= 15 is 0 Å². The Labute approximate surface area is 133 Å². The first-order valence-electron chi connectivity index (χ1n) is 8.57. The molecule has 1 aromatic rings. The molecule has 2 aliphatic rings.